The number of carbonyl (C=O) groups excluding carboxylic acids is 1. The second kappa shape index (κ2) is 9.15. The van der Waals surface area contributed by atoms with E-state index in [-0.39, 0.29) is 0 Å². The molecule has 0 radical (unpaired) electrons. The van der Waals surface area contributed by atoms with Crippen molar-refractivity contribution in [3.05, 3.63) is 59.2 Å². The van der Waals surface area contributed by atoms with Gasteiger partial charge in [0.25, 0.3) is 0 Å². The molecule has 0 saturated carbocycles. The number of sulfonamides is 1. The molecule has 7 nitrogen and oxygen atoms in total. The first-order valence-corrected chi connectivity index (χ1v) is 12.5. The zero-order valence-corrected chi connectivity index (χ0v) is 19.8. The zero-order chi connectivity index (χ0) is 22.8. The molecule has 1 atom stereocenters. The zero-order valence-electron chi connectivity index (χ0n) is 18.2. The molecule has 3 aromatic rings. The topological polar surface area (TPSA) is 92.3 Å². The summed E-state index contributed by atoms with van der Waals surface area (Å²) in [7, 11) is -3.70. The van der Waals surface area contributed by atoms with Gasteiger partial charge in [-0.2, -0.15) is 0 Å². The van der Waals surface area contributed by atoms with E-state index in [0.717, 1.165) is 28.5 Å². The Hall–Kier alpha value is -2.78. The van der Waals surface area contributed by atoms with Gasteiger partial charge in [0.2, 0.25) is 21.1 Å². The van der Waals surface area contributed by atoms with Gasteiger partial charge < -0.3 is 0 Å². The fourth-order valence-electron chi connectivity index (χ4n) is 3.41. The minimum absolute atomic E-state index is 0.301. The maximum absolute atomic E-state index is 13.1. The molecule has 0 spiro atoms. The van der Waals surface area contributed by atoms with Crippen LogP contribution >= 0.6 is 11.3 Å². The molecular formula is C22H26N4O3S2. The maximum Gasteiger partial charge on any atom is 0.250 e. The Bertz CT molecular complexity index is 1170. The Morgan fingerprint density at radius 3 is 2.19 bits per heavy atom. The molecule has 0 bridgehead atoms. The lowest BCUT2D eigenvalue weighted by Crippen LogP contribution is -2.47. The number of hydrogen-bond donors (Lipinski definition) is 1. The number of aromatic nitrogens is 2. The molecule has 2 aromatic carbocycles. The van der Waals surface area contributed by atoms with Crippen molar-refractivity contribution >= 4 is 38.1 Å². The maximum atomic E-state index is 13.1. The van der Waals surface area contributed by atoms with Crippen LogP contribution in [-0.2, 0) is 14.8 Å². The van der Waals surface area contributed by atoms with Crippen LogP contribution in [0.3, 0.4) is 0 Å². The molecule has 31 heavy (non-hydrogen) atoms. The predicted molar refractivity (Wildman–Crippen MR) is 126 cm³/mol. The lowest BCUT2D eigenvalue weighted by atomic mass is 10.1. The summed E-state index contributed by atoms with van der Waals surface area (Å²) in [5, 5.41) is 12.0. The van der Waals surface area contributed by atoms with E-state index in [1.807, 2.05) is 51.1 Å². The number of nitrogens with one attached hydrogen (secondary N) is 1. The van der Waals surface area contributed by atoms with E-state index in [1.165, 1.54) is 15.6 Å². The second-order valence-electron chi connectivity index (χ2n) is 7.60. The minimum Gasteiger partial charge on any atom is -0.299 e. The normalized spacial score (nSPS) is 12.4. The third-order valence-electron chi connectivity index (χ3n) is 4.74. The van der Waals surface area contributed by atoms with E-state index in [2.05, 4.69) is 15.5 Å². The van der Waals surface area contributed by atoms with E-state index < -0.39 is 22.0 Å². The van der Waals surface area contributed by atoms with Crippen LogP contribution in [0, 0.1) is 20.8 Å². The average Bonchev–Trinajstić information content (AvgIpc) is 3.13. The molecule has 1 amide bonds. The van der Waals surface area contributed by atoms with Gasteiger partial charge in [-0.05, 0) is 50.5 Å². The van der Waals surface area contributed by atoms with E-state index >= 15 is 0 Å². The van der Waals surface area contributed by atoms with Crippen molar-refractivity contribution in [1.82, 2.24) is 10.2 Å². The van der Waals surface area contributed by atoms with Crippen LogP contribution in [0.5, 0.6) is 0 Å². The minimum atomic E-state index is -3.70. The predicted octanol–water partition coefficient (Wildman–Crippen LogP) is 4.31. The van der Waals surface area contributed by atoms with Gasteiger partial charge in [-0.1, -0.05) is 54.2 Å². The molecule has 1 aromatic heterocycles. The number of carbonyl (C=O) groups is 1. The number of aryl methyl sites for hydroxylation is 3. The smallest absolute Gasteiger partial charge is 0.250 e. The Morgan fingerprint density at radius 1 is 1.03 bits per heavy atom. The van der Waals surface area contributed by atoms with Crippen LogP contribution in [0.25, 0.3) is 10.6 Å². The second-order valence-corrected chi connectivity index (χ2v) is 10.4. The molecule has 0 saturated heterocycles. The molecule has 0 aliphatic heterocycles. The molecule has 3 rings (SSSR count). The summed E-state index contributed by atoms with van der Waals surface area (Å²) in [6, 6.07) is 12.4. The highest BCUT2D eigenvalue weighted by Crippen LogP contribution is 2.28. The standard InChI is InChI=1S/C22H26N4O3S2/c1-6-19(26(31(5,28)29)18-12-15(3)11-16(4)13-18)20(27)23-22-25-24-21(30-22)17-9-7-14(2)8-10-17/h7-13,19H,6H2,1-5H3,(H,23,25,27)/t19-/m1/s1. The Labute approximate surface area is 187 Å². The first kappa shape index (κ1) is 22.9. The number of rotatable bonds is 7. The number of amides is 1. The van der Waals surface area contributed by atoms with Gasteiger partial charge in [0, 0.05) is 5.56 Å². The fourth-order valence-corrected chi connectivity index (χ4v) is 5.36. The fraction of sp³-hybridized carbons (Fsp3) is 0.318. The lowest BCUT2D eigenvalue weighted by molar-refractivity contribution is -0.117. The van der Waals surface area contributed by atoms with Crippen molar-refractivity contribution in [3.63, 3.8) is 0 Å². The van der Waals surface area contributed by atoms with Gasteiger partial charge in [-0.25, -0.2) is 8.42 Å². The van der Waals surface area contributed by atoms with Gasteiger partial charge in [-0.3, -0.25) is 14.4 Å². The number of benzene rings is 2. The van der Waals surface area contributed by atoms with E-state index in [0.29, 0.717) is 22.2 Å². The molecule has 1 heterocycles. The van der Waals surface area contributed by atoms with Crippen molar-refractivity contribution in [2.75, 3.05) is 15.9 Å². The number of hydrogen-bond acceptors (Lipinski definition) is 6. The van der Waals surface area contributed by atoms with Crippen molar-refractivity contribution in [1.29, 1.82) is 0 Å². The highest BCUT2D eigenvalue weighted by molar-refractivity contribution is 7.92. The Balaban J connectivity index is 1.88. The van der Waals surface area contributed by atoms with E-state index in [9.17, 15) is 13.2 Å². The summed E-state index contributed by atoms with van der Waals surface area (Å²) in [6.45, 7) is 7.57. The summed E-state index contributed by atoms with van der Waals surface area (Å²) in [5.41, 5.74) is 4.36. The van der Waals surface area contributed by atoms with Crippen molar-refractivity contribution in [2.45, 2.75) is 40.2 Å². The Morgan fingerprint density at radius 2 is 1.65 bits per heavy atom. The molecule has 164 valence electrons. The van der Waals surface area contributed by atoms with Crippen LogP contribution in [0.4, 0.5) is 10.8 Å². The van der Waals surface area contributed by atoms with Gasteiger partial charge in [0.1, 0.15) is 11.0 Å². The SMILES string of the molecule is CC[C@H](C(=O)Nc1nnc(-c2ccc(C)cc2)s1)N(c1cc(C)cc(C)c1)S(C)(=O)=O. The highest BCUT2D eigenvalue weighted by Gasteiger charge is 2.32. The van der Waals surface area contributed by atoms with Crippen LogP contribution in [-0.4, -0.2) is 36.8 Å². The summed E-state index contributed by atoms with van der Waals surface area (Å²) in [5.74, 6) is -0.446. The first-order chi connectivity index (χ1) is 14.6. The summed E-state index contributed by atoms with van der Waals surface area (Å²) in [6.07, 6.45) is 1.41. The summed E-state index contributed by atoms with van der Waals surface area (Å²) < 4.78 is 26.5. The van der Waals surface area contributed by atoms with Crippen LogP contribution in [0.15, 0.2) is 42.5 Å². The van der Waals surface area contributed by atoms with Crippen molar-refractivity contribution < 1.29 is 13.2 Å². The monoisotopic (exact) mass is 458 g/mol. The largest absolute Gasteiger partial charge is 0.299 e. The van der Waals surface area contributed by atoms with Crippen molar-refractivity contribution in [3.8, 4) is 10.6 Å². The molecule has 0 unspecified atom stereocenters. The van der Waals surface area contributed by atoms with Crippen LogP contribution in [0.1, 0.15) is 30.0 Å². The van der Waals surface area contributed by atoms with Crippen LogP contribution in [0.2, 0.25) is 0 Å². The molecule has 1 N–H and O–H groups in total. The average molecular weight is 459 g/mol. The Kier molecular flexibility index (Phi) is 6.76. The van der Waals surface area contributed by atoms with Gasteiger partial charge >= 0.3 is 0 Å². The van der Waals surface area contributed by atoms with Gasteiger partial charge in [-0.15, -0.1) is 10.2 Å². The van der Waals surface area contributed by atoms with Gasteiger partial charge in [0.15, 0.2) is 0 Å². The number of anilines is 2. The molecular weight excluding hydrogens is 432 g/mol. The quantitative estimate of drug-likeness (QED) is 0.569. The van der Waals surface area contributed by atoms with E-state index in [1.54, 1.807) is 19.1 Å². The summed E-state index contributed by atoms with van der Waals surface area (Å²) in [4.78, 5) is 13.1. The first-order valence-electron chi connectivity index (χ1n) is 9.87. The van der Waals surface area contributed by atoms with Crippen LogP contribution < -0.4 is 9.62 Å². The van der Waals surface area contributed by atoms with Crippen molar-refractivity contribution in [2.24, 2.45) is 0 Å². The molecule has 9 heteroatoms. The highest BCUT2D eigenvalue weighted by atomic mass is 32.2. The van der Waals surface area contributed by atoms with Gasteiger partial charge in [0.05, 0.1) is 11.9 Å². The molecule has 0 aliphatic rings. The lowest BCUT2D eigenvalue weighted by Gasteiger charge is -2.30. The number of nitrogens with zero attached hydrogens (tertiary/aromatic N) is 3. The molecule has 0 fully saturated rings. The molecule has 0 aliphatic carbocycles. The summed E-state index contributed by atoms with van der Waals surface area (Å²) >= 11 is 1.25. The third kappa shape index (κ3) is 5.48. The van der Waals surface area contributed by atoms with E-state index in [4.69, 9.17) is 0 Å². The third-order valence-corrected chi connectivity index (χ3v) is 6.81.